The molecule has 1 amide bonds. The number of fused-ring (bicyclic) bond motifs is 2. The molecule has 0 aromatic carbocycles. The second-order valence-electron chi connectivity index (χ2n) is 9.56. The van der Waals surface area contributed by atoms with E-state index >= 15 is 0 Å². The molecule has 7 nitrogen and oxygen atoms in total. The first-order chi connectivity index (χ1) is 17.5. The molecule has 2 aromatic heterocycles. The van der Waals surface area contributed by atoms with E-state index in [0.29, 0.717) is 12.5 Å². The minimum atomic E-state index is -0.276. The van der Waals surface area contributed by atoms with E-state index in [1.165, 1.54) is 0 Å². The van der Waals surface area contributed by atoms with E-state index in [9.17, 15) is 9.18 Å². The molecule has 5 rings (SSSR count). The zero-order chi connectivity index (χ0) is 25.2. The van der Waals surface area contributed by atoms with Crippen molar-refractivity contribution in [2.45, 2.75) is 39.7 Å². The smallest absolute Gasteiger partial charge is 0.255 e. The Morgan fingerprint density at radius 3 is 2.78 bits per heavy atom. The van der Waals surface area contributed by atoms with E-state index in [2.05, 4.69) is 34.7 Å². The third-order valence-electron chi connectivity index (χ3n) is 7.02. The first kappa shape index (κ1) is 24.2. The van der Waals surface area contributed by atoms with E-state index in [0.717, 1.165) is 72.2 Å². The molecule has 1 fully saturated rings. The predicted molar refractivity (Wildman–Crippen MR) is 140 cm³/mol. The molecule has 3 aliphatic rings. The van der Waals surface area contributed by atoms with Gasteiger partial charge in [0, 0.05) is 55.8 Å². The number of hydrogen-bond donors (Lipinski definition) is 0. The highest BCUT2D eigenvalue weighted by molar-refractivity contribution is 5.99. The number of carbonyl (C=O) groups excluding carboxylic acids is 1. The Labute approximate surface area is 211 Å². The molecule has 2 aromatic rings. The summed E-state index contributed by atoms with van der Waals surface area (Å²) < 4.78 is 14.5. The van der Waals surface area contributed by atoms with Gasteiger partial charge >= 0.3 is 0 Å². The lowest BCUT2D eigenvalue weighted by Crippen LogP contribution is -2.51. The van der Waals surface area contributed by atoms with Crippen molar-refractivity contribution < 1.29 is 9.18 Å². The van der Waals surface area contributed by atoms with Crippen LogP contribution in [-0.4, -0.2) is 74.1 Å². The highest BCUT2D eigenvalue weighted by atomic mass is 19.1. The van der Waals surface area contributed by atoms with Crippen molar-refractivity contribution in [1.82, 2.24) is 29.3 Å². The summed E-state index contributed by atoms with van der Waals surface area (Å²) in [7, 11) is 0. The standard InChI is InChI=1S/C28H33FN6O/c1-4-25-27-16-26(31-35(27)17-20(2)30-25)22-7-5-8-23-9-10-24(19-34(23)28(36)15-22)33-14-13-32(12-6-11-29)21(3)18-33/h5,7-10,15-17,19,21H,4,6,11-14,18H2,1-3H3/b7-5?,22-15?,23-8+/t21-/m1/s1. The van der Waals surface area contributed by atoms with Crippen LogP contribution < -0.4 is 0 Å². The van der Waals surface area contributed by atoms with Gasteiger partial charge in [0.05, 0.1) is 41.2 Å². The van der Waals surface area contributed by atoms with Gasteiger partial charge in [0.2, 0.25) is 0 Å². The molecule has 0 N–H and O–H groups in total. The number of aryl methyl sites for hydroxylation is 2. The Kier molecular flexibility index (Phi) is 6.87. The Balaban J connectivity index is 1.40. The van der Waals surface area contributed by atoms with Crippen LogP contribution in [0.3, 0.4) is 0 Å². The van der Waals surface area contributed by atoms with Crippen molar-refractivity contribution in [2.24, 2.45) is 0 Å². The summed E-state index contributed by atoms with van der Waals surface area (Å²) in [6.45, 7) is 9.32. The summed E-state index contributed by atoms with van der Waals surface area (Å²) in [5.41, 5.74) is 6.21. The van der Waals surface area contributed by atoms with E-state index in [1.807, 2.05) is 54.2 Å². The number of piperazine rings is 1. The quantitative estimate of drug-likeness (QED) is 0.614. The molecule has 8 heteroatoms. The third kappa shape index (κ3) is 4.78. The van der Waals surface area contributed by atoms with E-state index in [4.69, 9.17) is 5.10 Å². The molecular formula is C28H33FN6O. The maximum absolute atomic E-state index is 13.4. The maximum Gasteiger partial charge on any atom is 0.255 e. The molecular weight excluding hydrogens is 455 g/mol. The average Bonchev–Trinajstić information content (AvgIpc) is 3.29. The Hall–Kier alpha value is -3.52. The summed E-state index contributed by atoms with van der Waals surface area (Å²) >= 11 is 0. The molecule has 0 aliphatic carbocycles. The zero-order valence-electron chi connectivity index (χ0n) is 21.2. The Bertz CT molecular complexity index is 1320. The second kappa shape index (κ2) is 10.2. The van der Waals surface area contributed by atoms with Crippen LogP contribution in [0, 0.1) is 6.92 Å². The fourth-order valence-corrected chi connectivity index (χ4v) is 5.09. The lowest BCUT2D eigenvalue weighted by molar-refractivity contribution is -0.122. The maximum atomic E-state index is 13.4. The van der Waals surface area contributed by atoms with Gasteiger partial charge in [-0.2, -0.15) is 5.10 Å². The van der Waals surface area contributed by atoms with Gasteiger partial charge in [0.25, 0.3) is 5.91 Å². The number of hydrogen-bond acceptors (Lipinski definition) is 5. The third-order valence-corrected chi connectivity index (χ3v) is 7.02. The van der Waals surface area contributed by atoms with Crippen LogP contribution in [0.25, 0.3) is 11.1 Å². The molecule has 1 atom stereocenters. The number of aromatic nitrogens is 3. The van der Waals surface area contributed by atoms with Crippen LogP contribution in [-0.2, 0) is 11.2 Å². The number of amides is 1. The number of alkyl halides is 1. The van der Waals surface area contributed by atoms with Crippen LogP contribution in [0.15, 0.2) is 66.3 Å². The second-order valence-corrected chi connectivity index (χ2v) is 9.56. The van der Waals surface area contributed by atoms with Crippen LogP contribution in [0.1, 0.15) is 37.4 Å². The van der Waals surface area contributed by atoms with Crippen molar-refractivity contribution >= 4 is 17.0 Å². The highest BCUT2D eigenvalue weighted by Gasteiger charge is 2.27. The molecule has 0 spiro atoms. The van der Waals surface area contributed by atoms with E-state index in [1.54, 1.807) is 11.0 Å². The van der Waals surface area contributed by atoms with Gasteiger partial charge in [0.1, 0.15) is 0 Å². The van der Waals surface area contributed by atoms with Gasteiger partial charge in [0.15, 0.2) is 0 Å². The topological polar surface area (TPSA) is 57.0 Å². The van der Waals surface area contributed by atoms with Gasteiger partial charge in [-0.25, -0.2) is 4.52 Å². The normalized spacial score (nSPS) is 22.2. The largest absolute Gasteiger partial charge is 0.367 e. The molecule has 0 radical (unpaired) electrons. The number of allylic oxidation sites excluding steroid dienone is 6. The molecule has 188 valence electrons. The SMILES string of the molecule is CCc1nc(C)cn2nc(C3=CC(=O)N4C=C(N5CCN(CCCF)[C@H](C)C5)C=C/C4=C\C=C3)cc12. The number of halogens is 1. The van der Waals surface area contributed by atoms with Crippen molar-refractivity contribution in [1.29, 1.82) is 0 Å². The summed E-state index contributed by atoms with van der Waals surface area (Å²) in [6.07, 6.45) is 16.8. The van der Waals surface area contributed by atoms with Crippen LogP contribution >= 0.6 is 0 Å². The zero-order valence-corrected chi connectivity index (χ0v) is 21.2. The molecule has 3 aliphatic heterocycles. The molecule has 0 saturated carbocycles. The fourth-order valence-electron chi connectivity index (χ4n) is 5.09. The highest BCUT2D eigenvalue weighted by Crippen LogP contribution is 2.27. The van der Waals surface area contributed by atoms with Gasteiger partial charge < -0.3 is 4.90 Å². The van der Waals surface area contributed by atoms with Crippen LogP contribution in [0.4, 0.5) is 4.39 Å². The van der Waals surface area contributed by atoms with Crippen molar-refractivity contribution in [3.05, 3.63) is 83.4 Å². The summed E-state index contributed by atoms with van der Waals surface area (Å²) in [5, 5.41) is 4.74. The van der Waals surface area contributed by atoms with Gasteiger partial charge in [-0.1, -0.05) is 19.1 Å². The summed E-state index contributed by atoms with van der Waals surface area (Å²) in [4.78, 5) is 24.4. The minimum absolute atomic E-state index is 0.112. The first-order valence-electron chi connectivity index (χ1n) is 12.7. The molecule has 36 heavy (non-hydrogen) atoms. The van der Waals surface area contributed by atoms with Crippen molar-refractivity contribution in [2.75, 3.05) is 32.9 Å². The fraction of sp³-hybridized carbons (Fsp3) is 0.393. The summed E-state index contributed by atoms with van der Waals surface area (Å²) in [6, 6.07) is 2.33. The summed E-state index contributed by atoms with van der Waals surface area (Å²) in [5.74, 6) is -0.112. The first-order valence-corrected chi connectivity index (χ1v) is 12.7. The Morgan fingerprint density at radius 1 is 1.17 bits per heavy atom. The predicted octanol–water partition coefficient (Wildman–Crippen LogP) is 4.04. The minimum Gasteiger partial charge on any atom is -0.367 e. The lowest BCUT2D eigenvalue weighted by Gasteiger charge is -2.42. The van der Waals surface area contributed by atoms with Gasteiger partial charge in [-0.3, -0.25) is 24.0 Å². The Morgan fingerprint density at radius 2 is 2.00 bits per heavy atom. The monoisotopic (exact) mass is 488 g/mol. The van der Waals surface area contributed by atoms with Crippen LogP contribution in [0.2, 0.25) is 0 Å². The lowest BCUT2D eigenvalue weighted by atomic mass is 10.1. The number of rotatable bonds is 6. The number of carbonyl (C=O) groups is 1. The molecule has 0 bridgehead atoms. The van der Waals surface area contributed by atoms with Crippen molar-refractivity contribution in [3.63, 3.8) is 0 Å². The molecule has 0 unspecified atom stereocenters. The van der Waals surface area contributed by atoms with E-state index in [-0.39, 0.29) is 12.6 Å². The van der Waals surface area contributed by atoms with Gasteiger partial charge in [-0.15, -0.1) is 0 Å². The van der Waals surface area contributed by atoms with Crippen molar-refractivity contribution in [3.8, 4) is 0 Å². The molecule has 1 saturated heterocycles. The van der Waals surface area contributed by atoms with Crippen LogP contribution in [0.5, 0.6) is 0 Å². The van der Waals surface area contributed by atoms with E-state index < -0.39 is 0 Å². The average molecular weight is 489 g/mol. The number of nitrogens with zero attached hydrogens (tertiary/aromatic N) is 6. The van der Waals surface area contributed by atoms with Gasteiger partial charge in [-0.05, 0) is 51.0 Å². The molecule has 5 heterocycles.